The molecule has 0 aromatic heterocycles. The third kappa shape index (κ3) is 6.58. The average Bonchev–Trinajstić information content (AvgIpc) is 2.78. The molecule has 1 aliphatic rings. The molecule has 0 amide bonds. The number of hydrogen-bond donors (Lipinski definition) is 0. The number of benzene rings is 2. The van der Waals surface area contributed by atoms with Gasteiger partial charge in [0.1, 0.15) is 0 Å². The lowest BCUT2D eigenvalue weighted by molar-refractivity contribution is 0.115. The first kappa shape index (κ1) is 26.6. The van der Waals surface area contributed by atoms with Crippen molar-refractivity contribution in [3.8, 4) is 11.5 Å². The molecule has 3 rings (SSSR count). The van der Waals surface area contributed by atoms with Crippen molar-refractivity contribution in [1.82, 2.24) is 0 Å². The topological polar surface area (TPSA) is 18.5 Å². The van der Waals surface area contributed by atoms with Crippen LogP contribution < -0.4 is 9.47 Å². The summed E-state index contributed by atoms with van der Waals surface area (Å²) in [5.74, 6) is 4.20. The van der Waals surface area contributed by atoms with Gasteiger partial charge in [-0.05, 0) is 83.4 Å². The molecular weight excluding hydrogens is 416 g/mol. The second-order valence-corrected chi connectivity index (χ2v) is 12.4. The van der Waals surface area contributed by atoms with Crippen molar-refractivity contribution in [2.75, 3.05) is 14.2 Å². The minimum absolute atomic E-state index is 0.00695. The Labute approximate surface area is 209 Å². The molecule has 2 aromatic rings. The van der Waals surface area contributed by atoms with E-state index in [1.807, 2.05) is 6.07 Å². The van der Waals surface area contributed by atoms with Gasteiger partial charge in [0, 0.05) is 0 Å². The molecule has 2 atom stereocenters. The predicted octanol–water partition coefficient (Wildman–Crippen LogP) is 8.65. The Bertz CT molecular complexity index is 924. The monoisotopic (exact) mass is 464 g/mol. The molecule has 1 fully saturated rings. The van der Waals surface area contributed by atoms with Gasteiger partial charge in [0.05, 0.1) is 14.2 Å². The first-order valence-electron chi connectivity index (χ1n) is 13.3. The summed E-state index contributed by atoms with van der Waals surface area (Å²) >= 11 is 0. The van der Waals surface area contributed by atoms with Crippen LogP contribution in [0.1, 0.15) is 90.3 Å². The molecule has 0 bridgehead atoms. The lowest BCUT2D eigenvalue weighted by Crippen LogP contribution is -2.31. The molecule has 0 radical (unpaired) electrons. The Morgan fingerprint density at radius 2 is 1.65 bits per heavy atom. The van der Waals surface area contributed by atoms with E-state index in [0.29, 0.717) is 5.41 Å². The normalized spacial score (nSPS) is 19.3. The maximum Gasteiger partial charge on any atom is 0.163 e. The summed E-state index contributed by atoms with van der Waals surface area (Å²) in [6, 6.07) is 15.5. The summed E-state index contributed by atoms with van der Waals surface area (Å²) in [4.78, 5) is 0. The minimum Gasteiger partial charge on any atom is -0.493 e. The zero-order valence-electron chi connectivity index (χ0n) is 23.0. The number of methoxy groups -OCH3 is 2. The van der Waals surface area contributed by atoms with Crippen LogP contribution in [0, 0.1) is 23.2 Å². The molecule has 2 nitrogen and oxygen atoms in total. The molecule has 2 aromatic carbocycles. The maximum atomic E-state index is 5.71. The quantitative estimate of drug-likeness (QED) is 0.350. The van der Waals surface area contributed by atoms with Gasteiger partial charge in [0.25, 0.3) is 0 Å². The fraction of sp³-hybridized carbons (Fsp3) is 0.625. The highest BCUT2D eigenvalue weighted by molar-refractivity contribution is 5.48. The predicted molar refractivity (Wildman–Crippen MR) is 145 cm³/mol. The van der Waals surface area contributed by atoms with Gasteiger partial charge in [-0.3, -0.25) is 0 Å². The van der Waals surface area contributed by atoms with E-state index < -0.39 is 0 Å². The van der Waals surface area contributed by atoms with E-state index in [1.165, 1.54) is 48.8 Å². The highest BCUT2D eigenvalue weighted by Gasteiger charge is 2.34. The molecule has 0 heterocycles. The Balaban J connectivity index is 1.76. The van der Waals surface area contributed by atoms with Crippen LogP contribution in [0.5, 0.6) is 11.5 Å². The van der Waals surface area contributed by atoms with Crippen molar-refractivity contribution in [1.29, 1.82) is 0 Å². The van der Waals surface area contributed by atoms with Crippen LogP contribution >= 0.6 is 0 Å². The standard InChI is InChI=1S/C32H48O2/c1-23(2)18-24-12-9-15-27(19-24)31(3,4)21-25-13-10-16-28(20-25)32(5,6)22-26-14-11-17-29(33-7)30(26)34-8/h10-11,13-14,16-17,20,23-24,27H,9,12,15,18-19,21-22H2,1-8H3. The van der Waals surface area contributed by atoms with E-state index >= 15 is 0 Å². The van der Waals surface area contributed by atoms with Gasteiger partial charge in [-0.15, -0.1) is 0 Å². The van der Waals surface area contributed by atoms with E-state index in [9.17, 15) is 0 Å². The van der Waals surface area contributed by atoms with E-state index in [0.717, 1.165) is 42.1 Å². The SMILES string of the molecule is COc1cccc(CC(C)(C)c2cccc(CC(C)(C)C3CCCC(CC(C)C)C3)c2)c1OC. The van der Waals surface area contributed by atoms with Gasteiger partial charge in [0.2, 0.25) is 0 Å². The van der Waals surface area contributed by atoms with E-state index in [1.54, 1.807) is 14.2 Å². The zero-order chi connectivity index (χ0) is 24.9. The first-order chi connectivity index (χ1) is 16.1. The number of ether oxygens (including phenoxy) is 2. The molecule has 188 valence electrons. The lowest BCUT2D eigenvalue weighted by Gasteiger charge is -2.41. The third-order valence-corrected chi connectivity index (χ3v) is 8.18. The Morgan fingerprint density at radius 1 is 0.912 bits per heavy atom. The molecule has 0 aliphatic heterocycles. The van der Waals surface area contributed by atoms with Crippen molar-refractivity contribution in [3.63, 3.8) is 0 Å². The summed E-state index contributed by atoms with van der Waals surface area (Å²) in [5.41, 5.74) is 4.38. The van der Waals surface area contributed by atoms with Gasteiger partial charge >= 0.3 is 0 Å². The lowest BCUT2D eigenvalue weighted by atomic mass is 9.64. The number of hydrogen-bond acceptors (Lipinski definition) is 2. The highest BCUT2D eigenvalue weighted by atomic mass is 16.5. The second kappa shape index (κ2) is 11.2. The minimum atomic E-state index is -0.00695. The van der Waals surface area contributed by atoms with Crippen molar-refractivity contribution in [2.24, 2.45) is 23.2 Å². The fourth-order valence-corrected chi connectivity index (χ4v) is 6.33. The van der Waals surface area contributed by atoms with Crippen LogP contribution in [0.25, 0.3) is 0 Å². The molecule has 1 aliphatic carbocycles. The van der Waals surface area contributed by atoms with E-state index in [-0.39, 0.29) is 5.41 Å². The Morgan fingerprint density at radius 3 is 2.32 bits per heavy atom. The third-order valence-electron chi connectivity index (χ3n) is 8.18. The first-order valence-corrected chi connectivity index (χ1v) is 13.3. The summed E-state index contributed by atoms with van der Waals surface area (Å²) in [6.07, 6.45) is 9.08. The van der Waals surface area contributed by atoms with E-state index in [4.69, 9.17) is 9.47 Å². The largest absolute Gasteiger partial charge is 0.493 e. The molecule has 2 unspecified atom stereocenters. The van der Waals surface area contributed by atoms with Crippen LogP contribution in [0.3, 0.4) is 0 Å². The van der Waals surface area contributed by atoms with Crippen molar-refractivity contribution in [3.05, 3.63) is 59.2 Å². The zero-order valence-corrected chi connectivity index (χ0v) is 23.0. The fourth-order valence-electron chi connectivity index (χ4n) is 6.33. The van der Waals surface area contributed by atoms with Crippen molar-refractivity contribution < 1.29 is 9.47 Å². The summed E-state index contributed by atoms with van der Waals surface area (Å²) < 4.78 is 11.2. The van der Waals surface area contributed by atoms with Crippen LogP contribution in [-0.2, 0) is 18.3 Å². The van der Waals surface area contributed by atoms with Crippen LogP contribution in [0.4, 0.5) is 0 Å². The summed E-state index contributed by atoms with van der Waals surface area (Å²) in [7, 11) is 3.43. The van der Waals surface area contributed by atoms with Crippen molar-refractivity contribution in [2.45, 2.75) is 91.9 Å². The van der Waals surface area contributed by atoms with E-state index in [2.05, 4.69) is 77.9 Å². The smallest absolute Gasteiger partial charge is 0.163 e. The molecule has 0 N–H and O–H groups in total. The van der Waals surface area contributed by atoms with Gasteiger partial charge < -0.3 is 9.47 Å². The van der Waals surface area contributed by atoms with Gasteiger partial charge in [-0.25, -0.2) is 0 Å². The summed E-state index contributed by atoms with van der Waals surface area (Å²) in [6.45, 7) is 14.5. The average molecular weight is 465 g/mol. The van der Waals surface area contributed by atoms with Crippen LogP contribution in [0.2, 0.25) is 0 Å². The molecule has 1 saturated carbocycles. The van der Waals surface area contributed by atoms with Gasteiger partial charge in [-0.1, -0.05) is 90.8 Å². The van der Waals surface area contributed by atoms with Crippen LogP contribution in [0.15, 0.2) is 42.5 Å². The second-order valence-electron chi connectivity index (χ2n) is 12.4. The molecule has 0 saturated heterocycles. The molecule has 2 heteroatoms. The Kier molecular flexibility index (Phi) is 8.77. The van der Waals surface area contributed by atoms with Crippen molar-refractivity contribution >= 4 is 0 Å². The molecule has 0 spiro atoms. The number of para-hydroxylation sites is 1. The molecule has 34 heavy (non-hydrogen) atoms. The Hall–Kier alpha value is -1.96. The summed E-state index contributed by atoms with van der Waals surface area (Å²) in [5, 5.41) is 0. The van der Waals surface area contributed by atoms with Gasteiger partial charge in [-0.2, -0.15) is 0 Å². The number of rotatable bonds is 10. The maximum absolute atomic E-state index is 5.71. The van der Waals surface area contributed by atoms with Gasteiger partial charge in [0.15, 0.2) is 11.5 Å². The molecular formula is C32H48O2. The van der Waals surface area contributed by atoms with Crippen LogP contribution in [-0.4, -0.2) is 14.2 Å². The highest BCUT2D eigenvalue weighted by Crippen LogP contribution is 2.44.